The highest BCUT2D eigenvalue weighted by molar-refractivity contribution is 7.96. The summed E-state index contributed by atoms with van der Waals surface area (Å²) in [4.78, 5) is 4.09. The molecule has 2 N–H and O–H groups in total. The number of hydrogen-bond acceptors (Lipinski definition) is 6. The van der Waals surface area contributed by atoms with Gasteiger partial charge in [-0.3, -0.25) is 9.29 Å². The molecule has 33 heavy (non-hydrogen) atoms. The van der Waals surface area contributed by atoms with Gasteiger partial charge < -0.3 is 10.5 Å². The summed E-state index contributed by atoms with van der Waals surface area (Å²) in [7, 11) is -4.12. The molecule has 0 amide bonds. The van der Waals surface area contributed by atoms with Crippen LogP contribution in [0.25, 0.3) is 5.76 Å². The topological polar surface area (TPSA) is 109 Å². The number of anilines is 1. The van der Waals surface area contributed by atoms with E-state index in [1.54, 1.807) is 66.9 Å². The van der Waals surface area contributed by atoms with E-state index in [2.05, 4.69) is 4.98 Å². The zero-order valence-electron chi connectivity index (χ0n) is 17.1. The number of aromatic nitrogens is 1. The summed E-state index contributed by atoms with van der Waals surface area (Å²) in [6.07, 6.45) is 3.11. The Hall–Kier alpha value is -3.80. The maximum absolute atomic E-state index is 14.1. The van der Waals surface area contributed by atoms with Crippen molar-refractivity contribution in [2.24, 2.45) is 5.73 Å². The molecule has 2 aliphatic heterocycles. The largest absolute Gasteiger partial charge is 0.439 e. The van der Waals surface area contributed by atoms with Crippen LogP contribution >= 0.6 is 11.6 Å². The first-order chi connectivity index (χ1) is 15.9. The molecular weight excluding hydrogens is 460 g/mol. The molecule has 1 aromatic heterocycles. The standard InChI is InChI=1S/C24H17ClN4O3S/c25-17-9-7-15(8-10-17)14-29-20-6-2-1-5-18(20)22-23(33(29,30)31)21(16-4-3-11-28-13-16)19(12-26)24(27)32-22/h1-11,13,21H,14,27H2. The smallest absolute Gasteiger partial charge is 0.265 e. The lowest BCUT2D eigenvalue weighted by molar-refractivity contribution is 0.357. The van der Waals surface area contributed by atoms with Crippen LogP contribution in [-0.2, 0) is 21.3 Å². The number of sulfonamides is 1. The van der Waals surface area contributed by atoms with Crippen LogP contribution in [0.5, 0.6) is 0 Å². The lowest BCUT2D eigenvalue weighted by Crippen LogP contribution is -2.39. The molecule has 3 heterocycles. The number of nitrogens with two attached hydrogens (primary N) is 1. The van der Waals surface area contributed by atoms with Gasteiger partial charge in [0, 0.05) is 23.0 Å². The number of nitrogens with zero attached hydrogens (tertiary/aromatic N) is 3. The Morgan fingerprint density at radius 2 is 1.88 bits per heavy atom. The molecular formula is C24H17ClN4O3S. The SMILES string of the molecule is N#CC1=C(N)OC2=C(C1c1cccnc1)S(=O)(=O)N(Cc1ccc(Cl)cc1)c1ccccc12. The van der Waals surface area contributed by atoms with E-state index in [4.69, 9.17) is 22.1 Å². The summed E-state index contributed by atoms with van der Waals surface area (Å²) in [5.74, 6) is -0.942. The predicted octanol–water partition coefficient (Wildman–Crippen LogP) is 4.26. The Morgan fingerprint density at radius 1 is 1.12 bits per heavy atom. The minimum absolute atomic E-state index is 0.0242. The molecule has 9 heteroatoms. The maximum atomic E-state index is 14.1. The fraction of sp³-hybridized carbons (Fsp3) is 0.0833. The van der Waals surface area contributed by atoms with E-state index in [0.29, 0.717) is 21.8 Å². The molecule has 0 aliphatic carbocycles. The van der Waals surface area contributed by atoms with Gasteiger partial charge in [0.25, 0.3) is 10.0 Å². The van der Waals surface area contributed by atoms with E-state index in [1.165, 1.54) is 10.5 Å². The molecule has 2 aromatic carbocycles. The molecule has 1 unspecified atom stereocenters. The first-order valence-corrected chi connectivity index (χ1v) is 11.8. The van der Waals surface area contributed by atoms with Crippen molar-refractivity contribution >= 4 is 33.1 Å². The van der Waals surface area contributed by atoms with Crippen LogP contribution in [0.2, 0.25) is 5.02 Å². The van der Waals surface area contributed by atoms with Crippen molar-refractivity contribution in [2.75, 3.05) is 4.31 Å². The molecule has 164 valence electrons. The molecule has 0 fully saturated rings. The predicted molar refractivity (Wildman–Crippen MR) is 125 cm³/mol. The van der Waals surface area contributed by atoms with Gasteiger partial charge in [-0.25, -0.2) is 8.42 Å². The quantitative estimate of drug-likeness (QED) is 0.604. The molecule has 1 atom stereocenters. The van der Waals surface area contributed by atoms with Gasteiger partial charge in [0.05, 0.1) is 18.2 Å². The van der Waals surface area contributed by atoms with Crippen LogP contribution in [0.3, 0.4) is 0 Å². The lowest BCUT2D eigenvalue weighted by Gasteiger charge is -2.38. The number of para-hydroxylation sites is 1. The van der Waals surface area contributed by atoms with Crippen LogP contribution < -0.4 is 10.0 Å². The molecule has 2 aliphatic rings. The van der Waals surface area contributed by atoms with Gasteiger partial charge in [0.15, 0.2) is 5.76 Å². The monoisotopic (exact) mass is 476 g/mol. The number of fused-ring (bicyclic) bond motifs is 2. The fourth-order valence-electron chi connectivity index (χ4n) is 4.11. The summed E-state index contributed by atoms with van der Waals surface area (Å²) >= 11 is 6.01. The zero-order chi connectivity index (χ0) is 23.2. The van der Waals surface area contributed by atoms with Crippen molar-refractivity contribution < 1.29 is 13.2 Å². The Labute approximate surface area is 196 Å². The summed E-state index contributed by atoms with van der Waals surface area (Å²) in [5.41, 5.74) is 8.45. The molecule has 0 radical (unpaired) electrons. The number of pyridine rings is 1. The molecule has 0 spiro atoms. The van der Waals surface area contributed by atoms with Gasteiger partial charge in [0.2, 0.25) is 5.88 Å². The highest BCUT2D eigenvalue weighted by atomic mass is 35.5. The second kappa shape index (κ2) is 7.96. The van der Waals surface area contributed by atoms with Gasteiger partial charge in [-0.15, -0.1) is 0 Å². The third kappa shape index (κ3) is 3.42. The van der Waals surface area contributed by atoms with E-state index in [9.17, 15) is 13.7 Å². The van der Waals surface area contributed by atoms with E-state index in [-0.39, 0.29) is 28.7 Å². The first kappa shape index (κ1) is 21.1. The average molecular weight is 477 g/mol. The van der Waals surface area contributed by atoms with Crippen LogP contribution in [0, 0.1) is 11.3 Å². The van der Waals surface area contributed by atoms with Crippen molar-refractivity contribution in [3.8, 4) is 6.07 Å². The molecule has 0 saturated heterocycles. The molecule has 5 rings (SSSR count). The van der Waals surface area contributed by atoms with Crippen molar-refractivity contribution in [2.45, 2.75) is 12.5 Å². The van der Waals surface area contributed by atoms with Crippen LogP contribution in [0.15, 0.2) is 89.4 Å². The number of rotatable bonds is 3. The van der Waals surface area contributed by atoms with Gasteiger partial charge in [-0.2, -0.15) is 5.26 Å². The number of halogens is 1. The van der Waals surface area contributed by atoms with Crippen LogP contribution in [0.1, 0.15) is 22.6 Å². The van der Waals surface area contributed by atoms with Crippen molar-refractivity contribution in [3.05, 3.63) is 111 Å². The van der Waals surface area contributed by atoms with Gasteiger partial charge in [-0.1, -0.05) is 41.9 Å². The summed E-state index contributed by atoms with van der Waals surface area (Å²) in [6.45, 7) is 0.0775. The second-order valence-corrected chi connectivity index (χ2v) is 9.83. The number of benzene rings is 2. The Bertz CT molecular complexity index is 1460. The van der Waals surface area contributed by atoms with E-state index in [0.717, 1.165) is 5.56 Å². The normalized spacial score (nSPS) is 18.8. The molecule has 0 bridgehead atoms. The number of allylic oxidation sites excluding steroid dienone is 2. The van der Waals surface area contributed by atoms with Gasteiger partial charge >= 0.3 is 0 Å². The van der Waals surface area contributed by atoms with Crippen LogP contribution in [-0.4, -0.2) is 13.4 Å². The van der Waals surface area contributed by atoms with Gasteiger partial charge in [0.1, 0.15) is 16.5 Å². The summed E-state index contributed by atoms with van der Waals surface area (Å²) < 4.78 is 35.3. The minimum Gasteiger partial charge on any atom is -0.439 e. The molecule has 0 saturated carbocycles. The highest BCUT2D eigenvalue weighted by Crippen LogP contribution is 2.51. The minimum atomic E-state index is -4.12. The fourth-order valence-corrected chi connectivity index (χ4v) is 6.15. The highest BCUT2D eigenvalue weighted by Gasteiger charge is 2.47. The Balaban J connectivity index is 1.75. The van der Waals surface area contributed by atoms with Crippen molar-refractivity contribution in [1.29, 1.82) is 5.26 Å². The third-order valence-electron chi connectivity index (χ3n) is 5.62. The number of ether oxygens (including phenoxy) is 1. The number of hydrogen-bond donors (Lipinski definition) is 1. The van der Waals surface area contributed by atoms with E-state index < -0.39 is 15.9 Å². The molecule has 7 nitrogen and oxygen atoms in total. The Kier molecular flexibility index (Phi) is 5.08. The van der Waals surface area contributed by atoms with Crippen LogP contribution in [0.4, 0.5) is 5.69 Å². The lowest BCUT2D eigenvalue weighted by atomic mass is 9.89. The molecule has 3 aromatic rings. The van der Waals surface area contributed by atoms with Crippen molar-refractivity contribution in [3.63, 3.8) is 0 Å². The van der Waals surface area contributed by atoms with Crippen molar-refractivity contribution in [1.82, 2.24) is 4.98 Å². The Morgan fingerprint density at radius 3 is 2.58 bits per heavy atom. The summed E-state index contributed by atoms with van der Waals surface area (Å²) in [5, 5.41) is 10.4. The average Bonchev–Trinajstić information content (AvgIpc) is 2.82. The first-order valence-electron chi connectivity index (χ1n) is 10.00. The second-order valence-electron chi connectivity index (χ2n) is 7.56. The summed E-state index contributed by atoms with van der Waals surface area (Å²) in [6, 6.07) is 19.5. The maximum Gasteiger partial charge on any atom is 0.265 e. The van der Waals surface area contributed by atoms with E-state index >= 15 is 0 Å². The number of nitriles is 1. The van der Waals surface area contributed by atoms with Gasteiger partial charge in [-0.05, 0) is 41.5 Å². The zero-order valence-corrected chi connectivity index (χ0v) is 18.7. The third-order valence-corrected chi connectivity index (χ3v) is 7.75. The van der Waals surface area contributed by atoms with E-state index in [1.807, 2.05) is 6.07 Å².